The van der Waals surface area contributed by atoms with Crippen LogP contribution in [0.25, 0.3) is 0 Å². The largest absolute Gasteiger partial charge is 0.238 e. The summed E-state index contributed by atoms with van der Waals surface area (Å²) in [6, 6.07) is 3.32. The summed E-state index contributed by atoms with van der Waals surface area (Å²) in [5.74, 6) is 0. The number of hydrogen-bond acceptors (Lipinski definition) is 2. The summed E-state index contributed by atoms with van der Waals surface area (Å²) < 4.78 is 23.0. The van der Waals surface area contributed by atoms with Gasteiger partial charge in [-0.1, -0.05) is 18.2 Å². The Hall–Kier alpha value is -1.39. The van der Waals surface area contributed by atoms with Gasteiger partial charge in [0.2, 0.25) is 10.0 Å². The van der Waals surface area contributed by atoms with Crippen LogP contribution in [0, 0.1) is 6.92 Å². The highest BCUT2D eigenvalue weighted by molar-refractivity contribution is 7.89. The minimum Gasteiger partial charge on any atom is -0.225 e. The number of benzene rings is 1. The molecule has 2 N–H and O–H groups in total. The first kappa shape index (κ1) is 13.7. The highest BCUT2D eigenvalue weighted by Gasteiger charge is 2.17. The van der Waals surface area contributed by atoms with Crippen LogP contribution in [0.1, 0.15) is 16.7 Å². The second kappa shape index (κ2) is 5.29. The lowest BCUT2D eigenvalue weighted by Gasteiger charge is -2.14. The van der Waals surface area contributed by atoms with Crippen LogP contribution in [0.3, 0.4) is 0 Å². The molecular weight excluding hydrogens is 234 g/mol. The van der Waals surface area contributed by atoms with E-state index in [2.05, 4.69) is 13.2 Å². The summed E-state index contributed by atoms with van der Waals surface area (Å²) in [4.78, 5) is 0.180. The molecule has 0 saturated heterocycles. The van der Waals surface area contributed by atoms with Crippen LogP contribution in [0.4, 0.5) is 0 Å². The standard InChI is InChI=1S/C13H17NO2S/c1-4-6-11-10(3)8-9-13(17(14,15)16)12(11)7-5-2/h4-5,8-9H,1-2,6-7H2,3H3,(H2,14,15,16). The zero-order valence-corrected chi connectivity index (χ0v) is 10.8. The molecule has 0 saturated carbocycles. The predicted octanol–water partition coefficient (Wildman–Crippen LogP) is 2.10. The van der Waals surface area contributed by atoms with Gasteiger partial charge in [-0.05, 0) is 42.5 Å². The molecule has 1 rings (SSSR count). The Labute approximate surface area is 103 Å². The topological polar surface area (TPSA) is 60.2 Å². The van der Waals surface area contributed by atoms with Crippen molar-refractivity contribution in [2.45, 2.75) is 24.7 Å². The second-order valence-electron chi connectivity index (χ2n) is 3.87. The number of rotatable bonds is 5. The first-order valence-corrected chi connectivity index (χ1v) is 6.82. The van der Waals surface area contributed by atoms with Crippen LogP contribution >= 0.6 is 0 Å². The highest BCUT2D eigenvalue weighted by atomic mass is 32.2. The molecule has 1 aromatic carbocycles. The van der Waals surface area contributed by atoms with Gasteiger partial charge in [-0.25, -0.2) is 13.6 Å². The third-order valence-corrected chi connectivity index (χ3v) is 3.62. The molecule has 4 heteroatoms. The maximum atomic E-state index is 11.5. The molecular formula is C13H17NO2S. The molecule has 0 aliphatic carbocycles. The molecule has 1 aromatic rings. The molecule has 0 unspecified atom stereocenters. The van der Waals surface area contributed by atoms with Crippen molar-refractivity contribution in [2.75, 3.05) is 0 Å². The Bertz CT molecular complexity index is 545. The quantitative estimate of drug-likeness (QED) is 0.815. The molecule has 3 nitrogen and oxygen atoms in total. The molecule has 0 fully saturated rings. The Morgan fingerprint density at radius 3 is 2.18 bits per heavy atom. The van der Waals surface area contributed by atoms with Crippen LogP contribution in [0.2, 0.25) is 0 Å². The van der Waals surface area contributed by atoms with E-state index < -0.39 is 10.0 Å². The Balaban J connectivity index is 3.57. The maximum Gasteiger partial charge on any atom is 0.238 e. The van der Waals surface area contributed by atoms with E-state index in [4.69, 9.17) is 5.14 Å². The first-order valence-electron chi connectivity index (χ1n) is 5.27. The monoisotopic (exact) mass is 251 g/mol. The van der Waals surface area contributed by atoms with Crippen molar-refractivity contribution in [1.29, 1.82) is 0 Å². The van der Waals surface area contributed by atoms with Crippen LogP contribution in [-0.2, 0) is 22.9 Å². The first-order chi connectivity index (χ1) is 7.91. The van der Waals surface area contributed by atoms with E-state index in [1.807, 2.05) is 6.92 Å². The number of nitrogens with two attached hydrogens (primary N) is 1. The number of allylic oxidation sites excluding steroid dienone is 2. The predicted molar refractivity (Wildman–Crippen MR) is 70.4 cm³/mol. The molecule has 0 heterocycles. The van der Waals surface area contributed by atoms with Crippen molar-refractivity contribution in [1.82, 2.24) is 0 Å². The molecule has 0 atom stereocenters. The number of sulfonamides is 1. The minimum absolute atomic E-state index is 0.180. The van der Waals surface area contributed by atoms with E-state index in [9.17, 15) is 8.42 Å². The number of primary sulfonamides is 1. The normalized spacial score (nSPS) is 11.2. The van der Waals surface area contributed by atoms with Crippen molar-refractivity contribution in [3.8, 4) is 0 Å². The highest BCUT2D eigenvalue weighted by Crippen LogP contribution is 2.24. The summed E-state index contributed by atoms with van der Waals surface area (Å²) in [6.07, 6.45) is 4.53. The lowest BCUT2D eigenvalue weighted by Crippen LogP contribution is -2.16. The summed E-state index contributed by atoms with van der Waals surface area (Å²) in [5.41, 5.74) is 2.72. The van der Waals surface area contributed by atoms with E-state index in [0.29, 0.717) is 12.8 Å². The van der Waals surface area contributed by atoms with Gasteiger partial charge in [0.25, 0.3) is 0 Å². The van der Waals surface area contributed by atoms with E-state index >= 15 is 0 Å². The molecule has 0 aromatic heterocycles. The average molecular weight is 251 g/mol. The van der Waals surface area contributed by atoms with Crippen molar-refractivity contribution in [3.63, 3.8) is 0 Å². The molecule has 0 bridgehead atoms. The van der Waals surface area contributed by atoms with Gasteiger partial charge < -0.3 is 0 Å². The van der Waals surface area contributed by atoms with Gasteiger partial charge in [0.05, 0.1) is 4.90 Å². The molecule has 0 aliphatic rings. The van der Waals surface area contributed by atoms with Gasteiger partial charge >= 0.3 is 0 Å². The lowest BCUT2D eigenvalue weighted by atomic mass is 9.97. The van der Waals surface area contributed by atoms with E-state index in [-0.39, 0.29) is 4.90 Å². The summed E-state index contributed by atoms with van der Waals surface area (Å²) in [7, 11) is -3.70. The lowest BCUT2D eigenvalue weighted by molar-refractivity contribution is 0.596. The van der Waals surface area contributed by atoms with Gasteiger partial charge in [-0.3, -0.25) is 0 Å². The summed E-state index contributed by atoms with van der Waals surface area (Å²) in [5, 5.41) is 5.22. The molecule has 92 valence electrons. The Morgan fingerprint density at radius 1 is 1.18 bits per heavy atom. The second-order valence-corrected chi connectivity index (χ2v) is 5.40. The van der Waals surface area contributed by atoms with E-state index in [1.165, 1.54) is 0 Å². The fourth-order valence-corrected chi connectivity index (χ4v) is 2.66. The SMILES string of the molecule is C=CCc1c(C)ccc(S(N)(=O)=O)c1CC=C. The fraction of sp³-hybridized carbons (Fsp3) is 0.231. The molecule has 0 radical (unpaired) electrons. The minimum atomic E-state index is -3.70. The van der Waals surface area contributed by atoms with Gasteiger partial charge in [0, 0.05) is 0 Å². The van der Waals surface area contributed by atoms with Gasteiger partial charge in [-0.15, -0.1) is 13.2 Å². The van der Waals surface area contributed by atoms with Crippen molar-refractivity contribution in [2.24, 2.45) is 5.14 Å². The molecule has 0 aliphatic heterocycles. The van der Waals surface area contributed by atoms with Crippen LogP contribution < -0.4 is 5.14 Å². The van der Waals surface area contributed by atoms with Crippen LogP contribution in [0.15, 0.2) is 42.3 Å². The van der Waals surface area contributed by atoms with Crippen molar-refractivity contribution < 1.29 is 8.42 Å². The summed E-state index contributed by atoms with van der Waals surface area (Å²) >= 11 is 0. The third-order valence-electron chi connectivity index (χ3n) is 2.63. The van der Waals surface area contributed by atoms with Crippen LogP contribution in [0.5, 0.6) is 0 Å². The van der Waals surface area contributed by atoms with E-state index in [1.54, 1.807) is 24.3 Å². The average Bonchev–Trinajstić information content (AvgIpc) is 2.22. The molecule has 0 amide bonds. The fourth-order valence-electron chi connectivity index (χ4n) is 1.85. The molecule has 0 spiro atoms. The number of aryl methyl sites for hydroxylation is 1. The maximum absolute atomic E-state index is 11.5. The number of hydrogen-bond donors (Lipinski definition) is 1. The third kappa shape index (κ3) is 3.05. The smallest absolute Gasteiger partial charge is 0.225 e. The van der Waals surface area contributed by atoms with Crippen molar-refractivity contribution >= 4 is 10.0 Å². The van der Waals surface area contributed by atoms with Crippen LogP contribution in [-0.4, -0.2) is 8.42 Å². The Kier molecular flexibility index (Phi) is 4.26. The van der Waals surface area contributed by atoms with Gasteiger partial charge in [0.1, 0.15) is 0 Å². The molecule has 17 heavy (non-hydrogen) atoms. The zero-order chi connectivity index (χ0) is 13.1. The van der Waals surface area contributed by atoms with Gasteiger partial charge in [0.15, 0.2) is 0 Å². The summed E-state index contributed by atoms with van der Waals surface area (Å²) in [6.45, 7) is 9.27. The van der Waals surface area contributed by atoms with Gasteiger partial charge in [-0.2, -0.15) is 0 Å². The van der Waals surface area contributed by atoms with E-state index in [0.717, 1.165) is 16.7 Å². The Morgan fingerprint density at radius 2 is 1.71 bits per heavy atom. The zero-order valence-electron chi connectivity index (χ0n) is 9.94. The van der Waals surface area contributed by atoms with Crippen molar-refractivity contribution in [3.05, 3.63) is 54.1 Å².